The third-order valence-corrected chi connectivity index (χ3v) is 5.18. The van der Waals surface area contributed by atoms with Gasteiger partial charge in [-0.2, -0.15) is 0 Å². The summed E-state index contributed by atoms with van der Waals surface area (Å²) in [6.45, 7) is 2.32. The van der Waals surface area contributed by atoms with Gasteiger partial charge in [0, 0.05) is 36.2 Å². The van der Waals surface area contributed by atoms with E-state index in [-0.39, 0.29) is 17.6 Å². The summed E-state index contributed by atoms with van der Waals surface area (Å²) < 4.78 is 11.3. The number of anilines is 1. The average Bonchev–Trinajstić information content (AvgIpc) is 3.15. The van der Waals surface area contributed by atoms with Crippen molar-refractivity contribution in [1.29, 1.82) is 0 Å². The second kappa shape index (κ2) is 7.85. The second-order valence-corrected chi connectivity index (χ2v) is 7.04. The number of ether oxygens (including phenoxy) is 2. The molecule has 1 saturated heterocycles. The zero-order valence-corrected chi connectivity index (χ0v) is 15.3. The summed E-state index contributed by atoms with van der Waals surface area (Å²) in [7, 11) is 0. The number of rotatable bonds is 5. The van der Waals surface area contributed by atoms with Crippen LogP contribution in [0.25, 0.3) is 0 Å². The van der Waals surface area contributed by atoms with Crippen LogP contribution in [-0.2, 0) is 4.79 Å². The van der Waals surface area contributed by atoms with Gasteiger partial charge in [-0.1, -0.05) is 6.07 Å². The number of likely N-dealkylation sites (tertiary alicyclic amines) is 1. The number of fused-ring (bicyclic) bond motifs is 1. The molecule has 0 saturated carbocycles. The molecule has 8 heteroatoms. The molecule has 1 fully saturated rings. The molecule has 0 aromatic heterocycles. The molecule has 2 aromatic rings. The highest BCUT2D eigenvalue weighted by Gasteiger charge is 2.32. The van der Waals surface area contributed by atoms with Crippen LogP contribution in [0.5, 0.6) is 11.5 Å². The van der Waals surface area contributed by atoms with Gasteiger partial charge in [-0.25, -0.2) is 0 Å². The Bertz CT molecular complexity index is 901. The van der Waals surface area contributed by atoms with Crippen LogP contribution in [0.2, 0.25) is 0 Å². The van der Waals surface area contributed by atoms with Crippen LogP contribution >= 0.6 is 0 Å². The molecule has 2 N–H and O–H groups in total. The van der Waals surface area contributed by atoms with Gasteiger partial charge in [0.15, 0.2) is 18.0 Å². The van der Waals surface area contributed by atoms with E-state index in [1.165, 1.54) is 17.0 Å². The number of amides is 1. The molecule has 1 unspecified atom stereocenters. The fraction of sp³-hybridized carbons (Fsp3) is 0.350. The summed E-state index contributed by atoms with van der Waals surface area (Å²) in [5.41, 5.74) is 1.54. The van der Waals surface area contributed by atoms with Gasteiger partial charge in [0.25, 0.3) is 11.6 Å². The van der Waals surface area contributed by atoms with Crippen LogP contribution in [0, 0.1) is 10.1 Å². The third kappa shape index (κ3) is 3.91. The number of benzene rings is 2. The first-order valence-electron chi connectivity index (χ1n) is 9.38. The number of nitro benzene ring substituents is 1. The molecule has 8 nitrogen and oxygen atoms in total. The minimum absolute atomic E-state index is 0.0412. The van der Waals surface area contributed by atoms with Crippen molar-refractivity contribution in [3.63, 3.8) is 0 Å². The highest BCUT2D eigenvalue weighted by Crippen LogP contribution is 2.33. The van der Waals surface area contributed by atoms with E-state index in [0.29, 0.717) is 25.4 Å². The number of carbonyl (C=O) groups is 1. The number of carbonyl (C=O) groups excluding carboxylic acids is 1. The van der Waals surface area contributed by atoms with Crippen molar-refractivity contribution < 1.29 is 24.1 Å². The second-order valence-electron chi connectivity index (χ2n) is 7.04. The van der Waals surface area contributed by atoms with Crippen molar-refractivity contribution in [3.05, 3.63) is 58.1 Å². The normalized spacial score (nSPS) is 20.6. The van der Waals surface area contributed by atoms with E-state index in [1.54, 1.807) is 12.1 Å². The Kier molecular flexibility index (Phi) is 5.12. The third-order valence-electron chi connectivity index (χ3n) is 5.18. The van der Waals surface area contributed by atoms with E-state index in [1.807, 2.05) is 18.2 Å². The Balaban J connectivity index is 1.43. The average molecular weight is 384 g/mol. The Morgan fingerprint density at radius 3 is 2.82 bits per heavy atom. The molecule has 4 rings (SSSR count). The molecule has 2 aliphatic rings. The molecule has 2 atom stereocenters. The highest BCUT2D eigenvalue weighted by atomic mass is 16.6. The zero-order chi connectivity index (χ0) is 19.5. The lowest BCUT2D eigenvalue weighted by Crippen LogP contribution is -3.11. The Morgan fingerprint density at radius 1 is 1.18 bits per heavy atom. The molecule has 2 heterocycles. The van der Waals surface area contributed by atoms with Gasteiger partial charge in [0.2, 0.25) is 0 Å². The number of nitro groups is 1. The summed E-state index contributed by atoms with van der Waals surface area (Å²) in [6, 6.07) is 12.2. The minimum Gasteiger partial charge on any atom is -0.486 e. The Morgan fingerprint density at radius 2 is 2.00 bits per heavy atom. The zero-order valence-electron chi connectivity index (χ0n) is 15.3. The predicted octanol–water partition coefficient (Wildman–Crippen LogP) is 1.72. The van der Waals surface area contributed by atoms with Gasteiger partial charge in [-0.05, 0) is 24.3 Å². The van der Waals surface area contributed by atoms with Gasteiger partial charge < -0.3 is 19.7 Å². The molecule has 0 spiro atoms. The topological polar surface area (TPSA) is 95.1 Å². The predicted molar refractivity (Wildman–Crippen MR) is 102 cm³/mol. The number of hydrogen-bond donors (Lipinski definition) is 2. The molecule has 28 heavy (non-hydrogen) atoms. The fourth-order valence-electron chi connectivity index (χ4n) is 3.91. The molecule has 2 aromatic carbocycles. The Labute approximate surface area is 162 Å². The molecule has 2 aliphatic heterocycles. The number of hydrogen-bond acceptors (Lipinski definition) is 5. The first kappa shape index (κ1) is 18.2. The lowest BCUT2D eigenvalue weighted by Gasteiger charge is -2.24. The summed E-state index contributed by atoms with van der Waals surface area (Å²) in [5.74, 6) is 1.37. The van der Waals surface area contributed by atoms with Crippen LogP contribution in [0.4, 0.5) is 11.4 Å². The van der Waals surface area contributed by atoms with Gasteiger partial charge in [-0.3, -0.25) is 14.9 Å². The van der Waals surface area contributed by atoms with Crippen molar-refractivity contribution >= 4 is 17.3 Å². The molecule has 0 bridgehead atoms. The molecule has 1 amide bonds. The van der Waals surface area contributed by atoms with Crippen molar-refractivity contribution in [2.45, 2.75) is 18.9 Å². The van der Waals surface area contributed by atoms with Crippen molar-refractivity contribution in [3.8, 4) is 11.5 Å². The van der Waals surface area contributed by atoms with Crippen LogP contribution in [0.3, 0.4) is 0 Å². The quantitative estimate of drug-likeness (QED) is 0.605. The molecular weight excluding hydrogens is 362 g/mol. The molecule has 0 radical (unpaired) electrons. The van der Waals surface area contributed by atoms with E-state index < -0.39 is 4.92 Å². The summed E-state index contributed by atoms with van der Waals surface area (Å²) in [4.78, 5) is 24.1. The van der Waals surface area contributed by atoms with Gasteiger partial charge in [0.05, 0.1) is 11.5 Å². The standard InChI is InChI=1S/C20H21N3O5/c24-20(21-15-3-1-4-16(12-15)23(25)26)13-22-8-2-5-17(22)14-6-7-18-19(11-14)28-10-9-27-18/h1,3-4,6-7,11-12,17H,2,5,8-10,13H2,(H,21,24)/p+1/t17-/m1/s1. The van der Waals surface area contributed by atoms with Crippen molar-refractivity contribution in [1.82, 2.24) is 0 Å². The fourth-order valence-corrected chi connectivity index (χ4v) is 3.91. The number of nitrogens with one attached hydrogen (secondary N) is 2. The molecular formula is C20H22N3O5+. The first-order chi connectivity index (χ1) is 13.6. The van der Waals surface area contributed by atoms with Crippen LogP contribution < -0.4 is 19.7 Å². The number of quaternary nitrogens is 1. The van der Waals surface area contributed by atoms with Crippen molar-refractivity contribution in [2.75, 3.05) is 31.6 Å². The Hall–Kier alpha value is -3.13. The van der Waals surface area contributed by atoms with Crippen LogP contribution in [0.1, 0.15) is 24.4 Å². The minimum atomic E-state index is -0.473. The maximum atomic E-state index is 12.5. The summed E-state index contributed by atoms with van der Waals surface area (Å²) in [6.07, 6.45) is 2.04. The van der Waals surface area contributed by atoms with E-state index in [9.17, 15) is 14.9 Å². The maximum Gasteiger partial charge on any atom is 0.279 e. The molecule has 146 valence electrons. The number of non-ortho nitro benzene ring substituents is 1. The number of nitrogens with zero attached hydrogens (tertiary/aromatic N) is 1. The van der Waals surface area contributed by atoms with Crippen molar-refractivity contribution in [2.24, 2.45) is 0 Å². The molecule has 0 aliphatic carbocycles. The van der Waals surface area contributed by atoms with E-state index in [4.69, 9.17) is 9.47 Å². The smallest absolute Gasteiger partial charge is 0.279 e. The van der Waals surface area contributed by atoms with Gasteiger partial charge in [0.1, 0.15) is 19.3 Å². The van der Waals surface area contributed by atoms with E-state index in [2.05, 4.69) is 5.32 Å². The van der Waals surface area contributed by atoms with Crippen LogP contribution in [-0.4, -0.2) is 37.1 Å². The lowest BCUT2D eigenvalue weighted by molar-refractivity contribution is -0.910. The van der Waals surface area contributed by atoms with E-state index >= 15 is 0 Å². The summed E-state index contributed by atoms with van der Waals surface area (Å²) in [5, 5.41) is 13.7. The maximum absolute atomic E-state index is 12.5. The van der Waals surface area contributed by atoms with Gasteiger partial charge in [-0.15, -0.1) is 0 Å². The monoisotopic (exact) mass is 384 g/mol. The lowest BCUT2D eigenvalue weighted by atomic mass is 10.0. The highest BCUT2D eigenvalue weighted by molar-refractivity contribution is 5.91. The summed E-state index contributed by atoms with van der Waals surface area (Å²) >= 11 is 0. The van der Waals surface area contributed by atoms with Crippen LogP contribution in [0.15, 0.2) is 42.5 Å². The van der Waals surface area contributed by atoms with Gasteiger partial charge >= 0.3 is 0 Å². The largest absolute Gasteiger partial charge is 0.486 e. The SMILES string of the molecule is O=C(C[NH+]1CCC[C@@H]1c1ccc2c(c1)OCCO2)Nc1cccc([N+](=O)[O-])c1. The van der Waals surface area contributed by atoms with E-state index in [0.717, 1.165) is 36.4 Å². The first-order valence-corrected chi connectivity index (χ1v) is 9.38.